The molecule has 1 aromatic carbocycles. The van der Waals surface area contributed by atoms with Crippen molar-refractivity contribution in [2.45, 2.75) is 18.2 Å². The third kappa shape index (κ3) is 2.40. The molecule has 3 rings (SSSR count). The van der Waals surface area contributed by atoms with E-state index in [1.807, 2.05) is 37.3 Å². The maximum Gasteiger partial charge on any atom is 0.323 e. The van der Waals surface area contributed by atoms with E-state index in [4.69, 9.17) is 9.57 Å². The van der Waals surface area contributed by atoms with Crippen molar-refractivity contribution in [3.8, 4) is 0 Å². The molecule has 2 atom stereocenters. The molecule has 0 saturated carbocycles. The Morgan fingerprint density at radius 2 is 1.92 bits per heavy atom. The minimum atomic E-state index is -0.803. The smallest absolute Gasteiger partial charge is 0.323 e. The van der Waals surface area contributed by atoms with Gasteiger partial charge in [0.2, 0.25) is 0 Å². The first kappa shape index (κ1) is 16.6. The Morgan fingerprint density at radius 3 is 2.50 bits per heavy atom. The second-order valence-electron chi connectivity index (χ2n) is 5.42. The number of fused-ring (bicyclic) bond motifs is 1. The molecule has 2 aliphatic heterocycles. The van der Waals surface area contributed by atoms with Gasteiger partial charge in [0, 0.05) is 10.5 Å². The molecule has 24 heavy (non-hydrogen) atoms. The molecule has 126 valence electrons. The Labute approximate surface area is 143 Å². The highest BCUT2D eigenvalue weighted by Gasteiger charge is 2.50. The lowest BCUT2D eigenvalue weighted by atomic mass is 9.95. The van der Waals surface area contributed by atoms with Crippen molar-refractivity contribution in [1.82, 2.24) is 5.06 Å². The van der Waals surface area contributed by atoms with Crippen LogP contribution >= 0.6 is 11.8 Å². The highest BCUT2D eigenvalue weighted by Crippen LogP contribution is 2.49. The maximum absolute atomic E-state index is 12.3. The average Bonchev–Trinajstić information content (AvgIpc) is 2.87. The number of ether oxygens (including phenoxy) is 1. The molecule has 0 aromatic heterocycles. The molecule has 2 aliphatic rings. The van der Waals surface area contributed by atoms with Crippen LogP contribution in [-0.2, 0) is 19.2 Å². The largest absolute Gasteiger partial charge is 0.503 e. The lowest BCUT2D eigenvalue weighted by Gasteiger charge is -2.33. The van der Waals surface area contributed by atoms with Crippen molar-refractivity contribution in [3.63, 3.8) is 0 Å². The number of amides is 1. The van der Waals surface area contributed by atoms with Gasteiger partial charge in [-0.1, -0.05) is 30.3 Å². The zero-order valence-corrected chi connectivity index (χ0v) is 14.3. The van der Waals surface area contributed by atoms with Crippen LogP contribution in [-0.4, -0.2) is 47.6 Å². The summed E-state index contributed by atoms with van der Waals surface area (Å²) in [5.74, 6) is -1.62. The van der Waals surface area contributed by atoms with E-state index in [-0.39, 0.29) is 0 Å². The summed E-state index contributed by atoms with van der Waals surface area (Å²) in [5, 5.41) is 10.5. The first-order valence-corrected chi connectivity index (χ1v) is 8.20. The van der Waals surface area contributed by atoms with Gasteiger partial charge < -0.3 is 9.84 Å². The molecule has 0 spiro atoms. The summed E-state index contributed by atoms with van der Waals surface area (Å²) in [7, 11) is 2.65. The van der Waals surface area contributed by atoms with Crippen molar-refractivity contribution in [2.24, 2.45) is 0 Å². The van der Waals surface area contributed by atoms with Crippen LogP contribution in [0.25, 0.3) is 4.91 Å². The molecule has 0 aliphatic carbocycles. The van der Waals surface area contributed by atoms with Crippen LogP contribution in [0, 0.1) is 0 Å². The first-order chi connectivity index (χ1) is 11.5. The van der Waals surface area contributed by atoms with Crippen molar-refractivity contribution >= 4 is 28.5 Å². The normalized spacial score (nSPS) is 23.6. The van der Waals surface area contributed by atoms with E-state index >= 15 is 0 Å². The number of carbonyl (C=O) groups excluding carboxylic acids is 2. The molecule has 1 aromatic rings. The van der Waals surface area contributed by atoms with Gasteiger partial charge in [0.05, 0.1) is 14.2 Å². The fourth-order valence-electron chi connectivity index (χ4n) is 3.03. The maximum atomic E-state index is 12.3. The third-order valence-corrected chi connectivity index (χ3v) is 5.62. The predicted octanol–water partition coefficient (Wildman–Crippen LogP) is 2.29. The van der Waals surface area contributed by atoms with Crippen LogP contribution in [0.1, 0.15) is 12.5 Å². The molecule has 2 heterocycles. The summed E-state index contributed by atoms with van der Waals surface area (Å²) in [6, 6.07) is 8.95. The van der Waals surface area contributed by atoms with E-state index < -0.39 is 28.9 Å². The van der Waals surface area contributed by atoms with Crippen LogP contribution in [0.15, 0.2) is 47.2 Å². The summed E-state index contributed by atoms with van der Waals surface area (Å²) >= 11 is 1.27. The zero-order valence-electron chi connectivity index (χ0n) is 13.5. The minimum Gasteiger partial charge on any atom is -0.503 e. The Kier molecular flexibility index (Phi) is 4.38. The van der Waals surface area contributed by atoms with Crippen LogP contribution in [0.4, 0.5) is 0 Å². The van der Waals surface area contributed by atoms with Gasteiger partial charge in [-0.25, -0.2) is 5.06 Å². The minimum absolute atomic E-state index is 0.316. The molecule has 0 radical (unpaired) electrons. The Balaban J connectivity index is 2.19. The number of aliphatic hydroxyl groups is 1. The quantitative estimate of drug-likeness (QED) is 0.846. The molecular formula is C17H17NO5S. The Bertz CT molecular complexity index is 756. The molecular weight excluding hydrogens is 330 g/mol. The zero-order chi connectivity index (χ0) is 17.4. The highest BCUT2D eigenvalue weighted by atomic mass is 32.2. The third-order valence-electron chi connectivity index (χ3n) is 4.14. The van der Waals surface area contributed by atoms with Gasteiger partial charge in [0.25, 0.3) is 0 Å². The highest BCUT2D eigenvalue weighted by molar-refractivity contribution is 8.09. The number of hydroxylamine groups is 2. The van der Waals surface area contributed by atoms with Gasteiger partial charge in [-0.2, -0.15) is 0 Å². The molecule has 0 bridgehead atoms. The van der Waals surface area contributed by atoms with Gasteiger partial charge in [0.1, 0.15) is 11.3 Å². The van der Waals surface area contributed by atoms with Gasteiger partial charge in [-0.3, -0.25) is 14.4 Å². The molecule has 7 heteroatoms. The van der Waals surface area contributed by atoms with Crippen LogP contribution in [0.5, 0.6) is 0 Å². The summed E-state index contributed by atoms with van der Waals surface area (Å²) in [5.41, 5.74) is 2.08. The summed E-state index contributed by atoms with van der Waals surface area (Å²) < 4.78 is 4.87. The monoisotopic (exact) mass is 347 g/mol. The van der Waals surface area contributed by atoms with Gasteiger partial charge in [0.15, 0.2) is 5.76 Å². The molecule has 6 nitrogen and oxygen atoms in total. The van der Waals surface area contributed by atoms with Crippen molar-refractivity contribution in [1.29, 1.82) is 0 Å². The summed E-state index contributed by atoms with van der Waals surface area (Å²) in [4.78, 5) is 30.5. The lowest BCUT2D eigenvalue weighted by molar-refractivity contribution is -0.174. The van der Waals surface area contributed by atoms with E-state index in [0.29, 0.717) is 5.57 Å². The van der Waals surface area contributed by atoms with E-state index in [0.717, 1.165) is 21.1 Å². The average molecular weight is 347 g/mol. The Morgan fingerprint density at radius 1 is 1.25 bits per heavy atom. The van der Waals surface area contributed by atoms with Gasteiger partial charge in [-0.15, -0.1) is 11.8 Å². The van der Waals surface area contributed by atoms with Crippen LogP contribution in [0.2, 0.25) is 0 Å². The number of rotatable bonds is 3. The number of hydrogen-bond acceptors (Lipinski definition) is 6. The second kappa shape index (κ2) is 6.33. The standard InChI is InChI=1S/C17H17NO5S/c1-9-12-11(13(19)16(20)18(12)23-3)15(17(21)22-2)24-14(9)10-7-5-4-6-8-10/h4-8,12,15,19H,1-3H3/t12-,15+/m0/s1. The topological polar surface area (TPSA) is 76.1 Å². The molecule has 0 unspecified atom stereocenters. The Hall–Kier alpha value is -2.25. The summed E-state index contributed by atoms with van der Waals surface area (Å²) in [6.07, 6.45) is 0. The first-order valence-electron chi connectivity index (χ1n) is 7.32. The van der Waals surface area contributed by atoms with Crippen molar-refractivity contribution in [3.05, 3.63) is 52.8 Å². The molecule has 0 fully saturated rings. The number of methoxy groups -OCH3 is 1. The fraction of sp³-hybridized carbons (Fsp3) is 0.294. The second-order valence-corrected chi connectivity index (χ2v) is 6.53. The predicted molar refractivity (Wildman–Crippen MR) is 89.7 cm³/mol. The van der Waals surface area contributed by atoms with Crippen LogP contribution < -0.4 is 0 Å². The number of carbonyl (C=O) groups is 2. The SMILES string of the molecule is COC(=O)[C@@H]1SC(c2ccccc2)=C(C)[C@H]2C1=C(O)C(=O)N2OC. The number of thioether (sulfide) groups is 1. The van der Waals surface area contributed by atoms with E-state index in [1.54, 1.807) is 0 Å². The number of esters is 1. The number of benzene rings is 1. The van der Waals surface area contributed by atoms with Gasteiger partial charge >= 0.3 is 11.9 Å². The summed E-state index contributed by atoms with van der Waals surface area (Å²) in [6.45, 7) is 1.87. The molecule has 0 saturated heterocycles. The lowest BCUT2D eigenvalue weighted by Crippen LogP contribution is -2.40. The van der Waals surface area contributed by atoms with E-state index in [2.05, 4.69) is 0 Å². The molecule has 1 N–H and O–H groups in total. The number of hydrogen-bond donors (Lipinski definition) is 1. The number of nitrogens with zero attached hydrogens (tertiary/aromatic N) is 1. The fourth-order valence-corrected chi connectivity index (χ4v) is 4.40. The van der Waals surface area contributed by atoms with Crippen molar-refractivity contribution < 1.29 is 24.3 Å². The van der Waals surface area contributed by atoms with E-state index in [9.17, 15) is 14.7 Å². The van der Waals surface area contributed by atoms with Crippen LogP contribution in [0.3, 0.4) is 0 Å². The van der Waals surface area contributed by atoms with E-state index in [1.165, 1.54) is 26.0 Å². The van der Waals surface area contributed by atoms with Crippen molar-refractivity contribution in [2.75, 3.05) is 14.2 Å². The van der Waals surface area contributed by atoms with Gasteiger partial charge in [-0.05, 0) is 18.1 Å². The number of aliphatic hydroxyl groups excluding tert-OH is 1. The molecule has 1 amide bonds.